The molecule has 1 N–H and O–H groups in total. The van der Waals surface area contributed by atoms with E-state index in [1.54, 1.807) is 0 Å². The molecule has 0 amide bonds. The Morgan fingerprint density at radius 3 is 2.29 bits per heavy atom. The van der Waals surface area contributed by atoms with Crippen molar-refractivity contribution < 1.29 is 5.11 Å². The number of hydrogen-bond donors (Lipinski definition) is 1. The van der Waals surface area contributed by atoms with Crippen molar-refractivity contribution in [3.8, 4) is 11.8 Å². The molecule has 0 radical (unpaired) electrons. The van der Waals surface area contributed by atoms with Crippen LogP contribution in [-0.4, -0.2) is 18.4 Å². The number of rotatable bonds is 7. The zero-order valence-corrected chi connectivity index (χ0v) is 15.1. The largest absolute Gasteiger partial charge is 0.381 e. The summed E-state index contributed by atoms with van der Waals surface area (Å²) in [5.74, 6) is 6.48. The maximum Gasteiger partial charge on any atom is 0.132 e. The molecule has 1 atom stereocenters. The third kappa shape index (κ3) is 4.73. The summed E-state index contributed by atoms with van der Waals surface area (Å²) in [4.78, 5) is 0. The normalized spacial score (nSPS) is 14.1. The van der Waals surface area contributed by atoms with Crippen molar-refractivity contribution in [1.82, 2.24) is 0 Å². The van der Waals surface area contributed by atoms with Crippen molar-refractivity contribution in [2.75, 3.05) is 0 Å². The number of unbranched alkanes of at least 4 members (excludes halogenated alkanes) is 4. The molecule has 1 nitrogen and oxygen atoms in total. The molecular formula is C19H30OSi. The molecule has 0 aromatic heterocycles. The molecule has 0 saturated carbocycles. The van der Waals surface area contributed by atoms with Crippen LogP contribution in [0, 0.1) is 11.8 Å². The summed E-state index contributed by atoms with van der Waals surface area (Å²) in [7, 11) is -2.03. The molecule has 0 aliphatic rings. The van der Waals surface area contributed by atoms with Crippen LogP contribution in [0.5, 0.6) is 0 Å². The quantitative estimate of drug-likeness (QED) is 0.453. The van der Waals surface area contributed by atoms with Crippen LogP contribution in [0.2, 0.25) is 13.1 Å². The molecule has 116 valence electrons. The number of hydrogen-bond acceptors (Lipinski definition) is 1. The Morgan fingerprint density at radius 2 is 1.71 bits per heavy atom. The van der Waals surface area contributed by atoms with Gasteiger partial charge in [-0.3, -0.25) is 0 Å². The van der Waals surface area contributed by atoms with E-state index >= 15 is 0 Å². The lowest BCUT2D eigenvalue weighted by Crippen LogP contribution is -2.61. The summed E-state index contributed by atoms with van der Waals surface area (Å²) < 4.78 is 0. The first-order chi connectivity index (χ1) is 9.98. The van der Waals surface area contributed by atoms with Crippen molar-refractivity contribution >= 4 is 13.3 Å². The van der Waals surface area contributed by atoms with Crippen molar-refractivity contribution in [1.29, 1.82) is 0 Å². The molecule has 0 saturated heterocycles. The monoisotopic (exact) mass is 302 g/mol. The topological polar surface area (TPSA) is 20.2 Å². The Kier molecular flexibility index (Phi) is 7.21. The molecule has 0 fully saturated rings. The number of benzene rings is 1. The highest BCUT2D eigenvalue weighted by Gasteiger charge is 2.44. The third-order valence-corrected chi connectivity index (χ3v) is 8.81. The van der Waals surface area contributed by atoms with Crippen LogP contribution in [-0.2, 0) is 0 Å². The van der Waals surface area contributed by atoms with Gasteiger partial charge >= 0.3 is 0 Å². The van der Waals surface area contributed by atoms with E-state index in [2.05, 4.69) is 56.1 Å². The van der Waals surface area contributed by atoms with E-state index in [0.29, 0.717) is 6.42 Å². The van der Waals surface area contributed by atoms with Gasteiger partial charge in [0.25, 0.3) is 0 Å². The maximum atomic E-state index is 11.1. The second kappa shape index (κ2) is 8.41. The molecule has 1 rings (SSSR count). The Labute approximate surface area is 131 Å². The highest BCUT2D eigenvalue weighted by Crippen LogP contribution is 2.24. The average molecular weight is 303 g/mol. The van der Waals surface area contributed by atoms with Crippen LogP contribution < -0.4 is 5.19 Å². The van der Waals surface area contributed by atoms with Gasteiger partial charge in [0.2, 0.25) is 0 Å². The van der Waals surface area contributed by atoms with Gasteiger partial charge in [-0.05, 0) is 12.8 Å². The first-order valence-electron chi connectivity index (χ1n) is 8.26. The summed E-state index contributed by atoms with van der Waals surface area (Å²) in [6, 6.07) is 10.4. The van der Waals surface area contributed by atoms with Crippen molar-refractivity contribution in [2.45, 2.75) is 70.7 Å². The van der Waals surface area contributed by atoms with Gasteiger partial charge < -0.3 is 5.11 Å². The molecule has 0 bridgehead atoms. The van der Waals surface area contributed by atoms with Crippen molar-refractivity contribution in [3.63, 3.8) is 0 Å². The van der Waals surface area contributed by atoms with Crippen molar-refractivity contribution in [2.24, 2.45) is 0 Å². The van der Waals surface area contributed by atoms with Gasteiger partial charge in [-0.25, -0.2) is 0 Å². The molecular weight excluding hydrogens is 272 g/mol. The second-order valence-electron chi connectivity index (χ2n) is 6.32. The van der Waals surface area contributed by atoms with E-state index in [1.165, 1.54) is 24.4 Å². The molecule has 21 heavy (non-hydrogen) atoms. The zero-order chi connectivity index (χ0) is 15.8. The standard InChI is InChI=1S/C19H30OSi/c1-5-7-8-9-10-14-17-19(20,6-2)21(3,4)18-15-12-11-13-16-18/h11-13,15-16,20H,5-10H2,1-4H3. The van der Waals surface area contributed by atoms with Gasteiger partial charge in [-0.2, -0.15) is 0 Å². The molecule has 2 heteroatoms. The van der Waals surface area contributed by atoms with E-state index < -0.39 is 13.3 Å². The lowest BCUT2D eigenvalue weighted by atomic mass is 10.1. The first kappa shape index (κ1) is 18.0. The fraction of sp³-hybridized carbons (Fsp3) is 0.579. The molecule has 0 aliphatic carbocycles. The average Bonchev–Trinajstić information content (AvgIpc) is 2.51. The van der Waals surface area contributed by atoms with E-state index in [0.717, 1.165) is 12.8 Å². The summed E-state index contributed by atoms with van der Waals surface area (Å²) >= 11 is 0. The van der Waals surface area contributed by atoms with Gasteiger partial charge in [0, 0.05) is 6.42 Å². The Bertz CT molecular complexity index is 469. The van der Waals surface area contributed by atoms with Gasteiger partial charge in [0.05, 0.1) is 0 Å². The van der Waals surface area contributed by atoms with Gasteiger partial charge in [-0.15, -0.1) is 5.92 Å². The Morgan fingerprint density at radius 1 is 1.05 bits per heavy atom. The molecule has 1 aromatic rings. The summed E-state index contributed by atoms with van der Waals surface area (Å²) in [6.07, 6.45) is 6.53. The van der Waals surface area contributed by atoms with Gasteiger partial charge in [-0.1, -0.05) is 87.6 Å². The molecule has 0 spiro atoms. The van der Waals surface area contributed by atoms with Crippen LogP contribution in [0.3, 0.4) is 0 Å². The minimum atomic E-state index is -2.03. The molecule has 0 aliphatic heterocycles. The van der Waals surface area contributed by atoms with Crippen LogP contribution >= 0.6 is 0 Å². The van der Waals surface area contributed by atoms with Crippen LogP contribution in [0.25, 0.3) is 0 Å². The van der Waals surface area contributed by atoms with Gasteiger partial charge in [0.15, 0.2) is 0 Å². The molecule has 0 heterocycles. The van der Waals surface area contributed by atoms with Crippen molar-refractivity contribution in [3.05, 3.63) is 30.3 Å². The minimum Gasteiger partial charge on any atom is -0.381 e. The fourth-order valence-electron chi connectivity index (χ4n) is 2.63. The predicted molar refractivity (Wildman–Crippen MR) is 95.3 cm³/mol. The van der Waals surface area contributed by atoms with Crippen LogP contribution in [0.4, 0.5) is 0 Å². The lowest BCUT2D eigenvalue weighted by molar-refractivity contribution is 0.173. The highest BCUT2D eigenvalue weighted by molar-refractivity contribution is 6.92. The van der Waals surface area contributed by atoms with Gasteiger partial charge in [0.1, 0.15) is 13.3 Å². The van der Waals surface area contributed by atoms with Crippen LogP contribution in [0.1, 0.15) is 52.4 Å². The van der Waals surface area contributed by atoms with E-state index in [-0.39, 0.29) is 0 Å². The van der Waals surface area contributed by atoms with E-state index in [4.69, 9.17) is 0 Å². The molecule has 1 unspecified atom stereocenters. The first-order valence-corrected chi connectivity index (χ1v) is 11.3. The summed E-state index contributed by atoms with van der Waals surface area (Å²) in [5, 5.41) is 11.5. The molecule has 1 aromatic carbocycles. The fourth-order valence-corrected chi connectivity index (χ4v) is 5.42. The highest BCUT2D eigenvalue weighted by atomic mass is 28.3. The zero-order valence-electron chi connectivity index (χ0n) is 14.1. The number of aliphatic hydroxyl groups is 1. The predicted octanol–water partition coefficient (Wildman–Crippen LogP) is 4.26. The maximum absolute atomic E-state index is 11.1. The third-order valence-electron chi connectivity index (χ3n) is 4.49. The Balaban J connectivity index is 2.81. The van der Waals surface area contributed by atoms with Crippen LogP contribution in [0.15, 0.2) is 30.3 Å². The second-order valence-corrected chi connectivity index (χ2v) is 11.0. The van der Waals surface area contributed by atoms with E-state index in [9.17, 15) is 5.11 Å². The summed E-state index contributed by atoms with van der Waals surface area (Å²) in [6.45, 7) is 8.70. The van der Waals surface area contributed by atoms with E-state index in [1.807, 2.05) is 13.0 Å². The smallest absolute Gasteiger partial charge is 0.132 e. The lowest BCUT2D eigenvalue weighted by Gasteiger charge is -2.37. The summed E-state index contributed by atoms with van der Waals surface area (Å²) in [5.41, 5.74) is 0. The SMILES string of the molecule is CCCCCCC#CC(O)(CC)[Si](C)(C)c1ccccc1. The Hall–Kier alpha value is -1.04. The minimum absolute atomic E-state index is 0.697.